The van der Waals surface area contributed by atoms with Crippen molar-refractivity contribution in [1.29, 1.82) is 0 Å². The standard InChI is InChI=1S/C14H16N2OS/c1-11-3-2-4-13(9-11)16-14(17)15-7-5-12-6-8-18-10-12/h2-4,6,8-10H,5,7H2,1H3,(H2,15,16,17). The highest BCUT2D eigenvalue weighted by molar-refractivity contribution is 7.07. The van der Waals surface area contributed by atoms with Crippen molar-refractivity contribution in [2.45, 2.75) is 13.3 Å². The van der Waals surface area contributed by atoms with Gasteiger partial charge in [-0.1, -0.05) is 12.1 Å². The van der Waals surface area contributed by atoms with E-state index >= 15 is 0 Å². The Bertz CT molecular complexity index is 508. The third-order valence-corrected chi connectivity index (χ3v) is 3.29. The first kappa shape index (κ1) is 12.6. The second kappa shape index (κ2) is 6.21. The average molecular weight is 260 g/mol. The molecule has 2 rings (SSSR count). The number of hydrogen-bond donors (Lipinski definition) is 2. The number of benzene rings is 1. The van der Waals surface area contributed by atoms with Crippen molar-refractivity contribution in [3.63, 3.8) is 0 Å². The Morgan fingerprint density at radius 1 is 1.33 bits per heavy atom. The normalized spacial score (nSPS) is 10.1. The van der Waals surface area contributed by atoms with Crippen molar-refractivity contribution >= 4 is 23.1 Å². The third-order valence-electron chi connectivity index (χ3n) is 2.56. The zero-order chi connectivity index (χ0) is 12.8. The van der Waals surface area contributed by atoms with Crippen LogP contribution < -0.4 is 10.6 Å². The van der Waals surface area contributed by atoms with E-state index in [9.17, 15) is 4.79 Å². The maximum absolute atomic E-state index is 11.6. The lowest BCUT2D eigenvalue weighted by Gasteiger charge is -2.07. The van der Waals surface area contributed by atoms with Crippen LogP contribution in [0.25, 0.3) is 0 Å². The molecule has 0 unspecified atom stereocenters. The van der Waals surface area contributed by atoms with Gasteiger partial charge in [-0.15, -0.1) is 0 Å². The zero-order valence-corrected chi connectivity index (χ0v) is 11.1. The quantitative estimate of drug-likeness (QED) is 0.869. The molecule has 0 atom stereocenters. The minimum atomic E-state index is -0.157. The summed E-state index contributed by atoms with van der Waals surface area (Å²) in [4.78, 5) is 11.6. The third kappa shape index (κ3) is 3.89. The highest BCUT2D eigenvalue weighted by atomic mass is 32.1. The van der Waals surface area contributed by atoms with Crippen LogP contribution in [0.2, 0.25) is 0 Å². The number of hydrogen-bond acceptors (Lipinski definition) is 2. The lowest BCUT2D eigenvalue weighted by atomic mass is 10.2. The fourth-order valence-corrected chi connectivity index (χ4v) is 2.36. The van der Waals surface area contributed by atoms with Gasteiger partial charge in [0.15, 0.2) is 0 Å². The fraction of sp³-hybridized carbons (Fsp3) is 0.214. The molecule has 0 aliphatic carbocycles. The van der Waals surface area contributed by atoms with Gasteiger partial charge in [0.25, 0.3) is 0 Å². The molecule has 94 valence electrons. The van der Waals surface area contributed by atoms with Gasteiger partial charge < -0.3 is 10.6 Å². The van der Waals surface area contributed by atoms with Gasteiger partial charge in [-0.3, -0.25) is 0 Å². The molecule has 2 aromatic rings. The van der Waals surface area contributed by atoms with E-state index in [4.69, 9.17) is 0 Å². The van der Waals surface area contributed by atoms with Crippen LogP contribution in [0.15, 0.2) is 41.1 Å². The zero-order valence-electron chi connectivity index (χ0n) is 10.3. The van der Waals surface area contributed by atoms with Crippen LogP contribution in [-0.2, 0) is 6.42 Å². The Morgan fingerprint density at radius 3 is 2.94 bits per heavy atom. The molecule has 1 aromatic heterocycles. The van der Waals surface area contributed by atoms with Crippen molar-refractivity contribution < 1.29 is 4.79 Å². The molecule has 0 bridgehead atoms. The monoisotopic (exact) mass is 260 g/mol. The number of amides is 2. The molecule has 0 fully saturated rings. The minimum Gasteiger partial charge on any atom is -0.338 e. The summed E-state index contributed by atoms with van der Waals surface area (Å²) in [7, 11) is 0. The number of thiophene rings is 1. The van der Waals surface area contributed by atoms with Gasteiger partial charge in [0, 0.05) is 12.2 Å². The Hall–Kier alpha value is -1.81. The predicted octanol–water partition coefficient (Wildman–Crippen LogP) is 3.42. The van der Waals surface area contributed by atoms with Gasteiger partial charge in [0.2, 0.25) is 0 Å². The van der Waals surface area contributed by atoms with E-state index in [0.29, 0.717) is 6.54 Å². The highest BCUT2D eigenvalue weighted by Gasteiger charge is 2.01. The van der Waals surface area contributed by atoms with Crippen molar-refractivity contribution in [2.75, 3.05) is 11.9 Å². The Labute approximate surface area is 111 Å². The number of anilines is 1. The van der Waals surface area contributed by atoms with Gasteiger partial charge in [0.05, 0.1) is 0 Å². The number of urea groups is 1. The van der Waals surface area contributed by atoms with E-state index in [0.717, 1.165) is 17.7 Å². The maximum atomic E-state index is 11.6. The van der Waals surface area contributed by atoms with Crippen LogP contribution in [0.3, 0.4) is 0 Å². The minimum absolute atomic E-state index is 0.157. The first-order chi connectivity index (χ1) is 8.74. The molecule has 0 saturated carbocycles. The molecule has 0 spiro atoms. The first-order valence-corrected chi connectivity index (χ1v) is 6.81. The first-order valence-electron chi connectivity index (χ1n) is 5.86. The highest BCUT2D eigenvalue weighted by Crippen LogP contribution is 2.09. The molecular weight excluding hydrogens is 244 g/mol. The molecule has 0 saturated heterocycles. The summed E-state index contributed by atoms with van der Waals surface area (Å²) in [6, 6.07) is 9.67. The van der Waals surface area contributed by atoms with Crippen molar-refractivity contribution in [3.05, 3.63) is 52.2 Å². The number of carbonyl (C=O) groups excluding carboxylic acids is 1. The van der Waals surface area contributed by atoms with E-state index in [1.54, 1.807) is 11.3 Å². The van der Waals surface area contributed by atoms with E-state index in [2.05, 4.69) is 22.1 Å². The van der Waals surface area contributed by atoms with Crippen LogP contribution in [0.5, 0.6) is 0 Å². The summed E-state index contributed by atoms with van der Waals surface area (Å²) in [6.45, 7) is 2.65. The molecule has 18 heavy (non-hydrogen) atoms. The lowest BCUT2D eigenvalue weighted by Crippen LogP contribution is -2.30. The van der Waals surface area contributed by atoms with Gasteiger partial charge in [-0.25, -0.2) is 4.79 Å². The van der Waals surface area contributed by atoms with E-state index in [-0.39, 0.29) is 6.03 Å². The summed E-state index contributed by atoms with van der Waals surface area (Å²) in [5, 5.41) is 9.80. The van der Waals surface area contributed by atoms with E-state index in [1.807, 2.05) is 36.6 Å². The second-order valence-electron chi connectivity index (χ2n) is 4.13. The average Bonchev–Trinajstić information content (AvgIpc) is 2.82. The molecule has 2 N–H and O–H groups in total. The number of rotatable bonds is 4. The van der Waals surface area contributed by atoms with Crippen molar-refractivity contribution in [2.24, 2.45) is 0 Å². The SMILES string of the molecule is Cc1cccc(NC(=O)NCCc2ccsc2)c1. The molecule has 3 nitrogen and oxygen atoms in total. The van der Waals surface area contributed by atoms with Gasteiger partial charge in [-0.2, -0.15) is 11.3 Å². The van der Waals surface area contributed by atoms with Crippen LogP contribution in [0.4, 0.5) is 10.5 Å². The summed E-state index contributed by atoms with van der Waals surface area (Å²) in [5.74, 6) is 0. The van der Waals surface area contributed by atoms with Crippen LogP contribution >= 0.6 is 11.3 Å². The van der Waals surface area contributed by atoms with Gasteiger partial charge in [0.1, 0.15) is 0 Å². The summed E-state index contributed by atoms with van der Waals surface area (Å²) >= 11 is 1.67. The number of carbonyl (C=O) groups is 1. The Balaban J connectivity index is 1.75. The molecular formula is C14H16N2OS. The number of nitrogens with one attached hydrogen (secondary N) is 2. The van der Waals surface area contributed by atoms with Gasteiger partial charge in [-0.05, 0) is 53.4 Å². The van der Waals surface area contributed by atoms with Crippen LogP contribution in [-0.4, -0.2) is 12.6 Å². The van der Waals surface area contributed by atoms with Crippen LogP contribution in [0, 0.1) is 6.92 Å². The summed E-state index contributed by atoms with van der Waals surface area (Å²) in [6.07, 6.45) is 0.866. The van der Waals surface area contributed by atoms with Crippen LogP contribution in [0.1, 0.15) is 11.1 Å². The largest absolute Gasteiger partial charge is 0.338 e. The molecule has 0 aliphatic rings. The summed E-state index contributed by atoms with van der Waals surface area (Å²) in [5.41, 5.74) is 3.21. The van der Waals surface area contributed by atoms with E-state index < -0.39 is 0 Å². The topological polar surface area (TPSA) is 41.1 Å². The molecule has 0 radical (unpaired) electrons. The van der Waals surface area contributed by atoms with E-state index in [1.165, 1.54) is 5.56 Å². The van der Waals surface area contributed by atoms with Gasteiger partial charge >= 0.3 is 6.03 Å². The van der Waals surface area contributed by atoms with Crippen molar-refractivity contribution in [3.8, 4) is 0 Å². The molecule has 1 aromatic carbocycles. The molecule has 2 amide bonds. The van der Waals surface area contributed by atoms with Crippen molar-refractivity contribution in [1.82, 2.24) is 5.32 Å². The number of aryl methyl sites for hydroxylation is 1. The Kier molecular flexibility index (Phi) is 4.36. The second-order valence-corrected chi connectivity index (χ2v) is 4.91. The molecule has 4 heteroatoms. The smallest absolute Gasteiger partial charge is 0.319 e. The molecule has 1 heterocycles. The Morgan fingerprint density at radius 2 is 2.22 bits per heavy atom. The predicted molar refractivity (Wildman–Crippen MR) is 76.2 cm³/mol. The summed E-state index contributed by atoms with van der Waals surface area (Å²) < 4.78 is 0. The maximum Gasteiger partial charge on any atom is 0.319 e. The fourth-order valence-electron chi connectivity index (χ4n) is 1.65. The molecule has 0 aliphatic heterocycles. The lowest BCUT2D eigenvalue weighted by molar-refractivity contribution is 0.252.